The molecule has 1 atom stereocenters. The van der Waals surface area contributed by atoms with Crippen LogP contribution in [0.2, 0.25) is 0 Å². The van der Waals surface area contributed by atoms with Crippen LogP contribution in [-0.2, 0) is 13.0 Å². The van der Waals surface area contributed by atoms with Crippen LogP contribution in [0.3, 0.4) is 0 Å². The normalized spacial score (nSPS) is 19.1. The SMILES string of the molecule is Cc1nc(CN(C)[C@@H]2CCN(CCc3ccncc3)C2)no1. The molecule has 0 aromatic carbocycles. The van der Waals surface area contributed by atoms with Crippen molar-refractivity contribution in [1.29, 1.82) is 0 Å². The van der Waals surface area contributed by atoms with Crippen molar-refractivity contribution in [2.75, 3.05) is 26.7 Å². The van der Waals surface area contributed by atoms with Crippen molar-refractivity contribution < 1.29 is 4.52 Å². The van der Waals surface area contributed by atoms with Gasteiger partial charge in [-0.3, -0.25) is 9.88 Å². The largest absolute Gasteiger partial charge is 0.340 e. The molecule has 0 radical (unpaired) electrons. The Bertz CT molecular complexity index is 585. The third-order valence-electron chi connectivity index (χ3n) is 4.30. The Morgan fingerprint density at radius 2 is 2.18 bits per heavy atom. The summed E-state index contributed by atoms with van der Waals surface area (Å²) in [6, 6.07) is 4.76. The lowest BCUT2D eigenvalue weighted by molar-refractivity contribution is 0.218. The molecule has 2 aromatic heterocycles. The van der Waals surface area contributed by atoms with Gasteiger partial charge in [0.25, 0.3) is 0 Å². The zero-order chi connectivity index (χ0) is 15.4. The number of nitrogens with zero attached hydrogens (tertiary/aromatic N) is 5. The highest BCUT2D eigenvalue weighted by molar-refractivity contribution is 5.10. The van der Waals surface area contributed by atoms with E-state index in [1.807, 2.05) is 19.3 Å². The second-order valence-electron chi connectivity index (χ2n) is 5.99. The van der Waals surface area contributed by atoms with Gasteiger partial charge in [0.1, 0.15) is 0 Å². The van der Waals surface area contributed by atoms with Crippen LogP contribution >= 0.6 is 0 Å². The quantitative estimate of drug-likeness (QED) is 0.806. The second-order valence-corrected chi connectivity index (χ2v) is 5.99. The molecular formula is C16H23N5O. The van der Waals surface area contributed by atoms with Crippen LogP contribution in [0.4, 0.5) is 0 Å². The zero-order valence-corrected chi connectivity index (χ0v) is 13.3. The molecule has 3 rings (SSSR count). The van der Waals surface area contributed by atoms with Gasteiger partial charge in [0.2, 0.25) is 5.89 Å². The molecule has 0 N–H and O–H groups in total. The average molecular weight is 301 g/mol. The molecule has 0 spiro atoms. The standard InChI is InChI=1S/C16H23N5O/c1-13-18-16(19-22-13)12-20(2)15-6-10-21(11-15)9-5-14-3-7-17-8-4-14/h3-4,7-8,15H,5-6,9-12H2,1-2H3/t15-/m1/s1. The van der Waals surface area contributed by atoms with Gasteiger partial charge in [-0.25, -0.2) is 0 Å². The van der Waals surface area contributed by atoms with Crippen molar-refractivity contribution >= 4 is 0 Å². The van der Waals surface area contributed by atoms with Crippen molar-refractivity contribution in [1.82, 2.24) is 24.9 Å². The Labute approximate surface area is 131 Å². The number of likely N-dealkylation sites (N-methyl/N-ethyl adjacent to an activating group) is 1. The summed E-state index contributed by atoms with van der Waals surface area (Å²) in [4.78, 5) is 13.2. The number of aromatic nitrogens is 3. The lowest BCUT2D eigenvalue weighted by Crippen LogP contribution is -2.34. The number of likely N-dealkylation sites (tertiary alicyclic amines) is 1. The van der Waals surface area contributed by atoms with E-state index >= 15 is 0 Å². The summed E-state index contributed by atoms with van der Waals surface area (Å²) in [5.74, 6) is 1.41. The fourth-order valence-electron chi connectivity index (χ4n) is 2.97. The average Bonchev–Trinajstić information content (AvgIpc) is 3.15. The van der Waals surface area contributed by atoms with E-state index in [1.165, 1.54) is 12.0 Å². The molecule has 6 nitrogen and oxygen atoms in total. The molecule has 0 bridgehead atoms. The molecule has 1 saturated heterocycles. The third-order valence-corrected chi connectivity index (χ3v) is 4.30. The highest BCUT2D eigenvalue weighted by atomic mass is 16.5. The number of aryl methyl sites for hydroxylation is 1. The minimum atomic E-state index is 0.566. The molecule has 1 aliphatic heterocycles. The van der Waals surface area contributed by atoms with E-state index < -0.39 is 0 Å². The van der Waals surface area contributed by atoms with Crippen molar-refractivity contribution in [2.24, 2.45) is 0 Å². The predicted octanol–water partition coefficient (Wildman–Crippen LogP) is 1.52. The van der Waals surface area contributed by atoms with Crippen LogP contribution in [0.15, 0.2) is 29.0 Å². The maximum Gasteiger partial charge on any atom is 0.223 e. The van der Waals surface area contributed by atoms with Gasteiger partial charge < -0.3 is 9.42 Å². The highest BCUT2D eigenvalue weighted by Gasteiger charge is 2.26. The Balaban J connectivity index is 1.45. The number of pyridine rings is 1. The monoisotopic (exact) mass is 301 g/mol. The van der Waals surface area contributed by atoms with Gasteiger partial charge in [0.15, 0.2) is 5.82 Å². The molecule has 1 aliphatic rings. The van der Waals surface area contributed by atoms with Gasteiger partial charge in [0.05, 0.1) is 6.54 Å². The summed E-state index contributed by atoms with van der Waals surface area (Å²) >= 11 is 0. The van der Waals surface area contributed by atoms with Gasteiger partial charge >= 0.3 is 0 Å². The Morgan fingerprint density at radius 3 is 2.91 bits per heavy atom. The van der Waals surface area contributed by atoms with E-state index in [0.29, 0.717) is 11.9 Å². The lowest BCUT2D eigenvalue weighted by Gasteiger charge is -2.23. The molecule has 0 amide bonds. The van der Waals surface area contributed by atoms with Crippen LogP contribution in [-0.4, -0.2) is 57.6 Å². The van der Waals surface area contributed by atoms with Gasteiger partial charge in [0, 0.05) is 38.4 Å². The summed E-state index contributed by atoms with van der Waals surface area (Å²) in [5.41, 5.74) is 1.36. The van der Waals surface area contributed by atoms with Gasteiger partial charge in [-0.1, -0.05) is 5.16 Å². The first-order valence-electron chi connectivity index (χ1n) is 7.81. The maximum absolute atomic E-state index is 5.03. The van der Waals surface area contributed by atoms with Crippen LogP contribution in [0.5, 0.6) is 0 Å². The van der Waals surface area contributed by atoms with E-state index in [-0.39, 0.29) is 0 Å². The minimum absolute atomic E-state index is 0.566. The molecule has 0 aliphatic carbocycles. The first-order valence-corrected chi connectivity index (χ1v) is 7.81. The number of hydrogen-bond donors (Lipinski definition) is 0. The molecule has 3 heterocycles. The minimum Gasteiger partial charge on any atom is -0.340 e. The smallest absolute Gasteiger partial charge is 0.223 e. The van der Waals surface area contributed by atoms with Crippen LogP contribution in [0.25, 0.3) is 0 Å². The van der Waals surface area contributed by atoms with E-state index in [2.05, 4.69) is 44.1 Å². The van der Waals surface area contributed by atoms with Gasteiger partial charge in [-0.2, -0.15) is 4.98 Å². The van der Waals surface area contributed by atoms with Crippen LogP contribution in [0.1, 0.15) is 23.7 Å². The molecule has 0 unspecified atom stereocenters. The molecule has 0 saturated carbocycles. The van der Waals surface area contributed by atoms with E-state index in [4.69, 9.17) is 4.52 Å². The fourth-order valence-corrected chi connectivity index (χ4v) is 2.97. The first kappa shape index (κ1) is 15.1. The molecule has 22 heavy (non-hydrogen) atoms. The summed E-state index contributed by atoms with van der Waals surface area (Å²) < 4.78 is 5.03. The summed E-state index contributed by atoms with van der Waals surface area (Å²) in [6.07, 6.45) is 6.01. The van der Waals surface area contributed by atoms with Gasteiger partial charge in [-0.15, -0.1) is 0 Å². The lowest BCUT2D eigenvalue weighted by atomic mass is 10.2. The number of rotatable bonds is 6. The molecule has 2 aromatic rings. The summed E-state index contributed by atoms with van der Waals surface area (Å²) in [6.45, 7) is 5.95. The third kappa shape index (κ3) is 3.90. The Kier molecular flexibility index (Phi) is 4.80. The molecule has 118 valence electrons. The molecular weight excluding hydrogens is 278 g/mol. The first-order chi connectivity index (χ1) is 10.7. The Hall–Kier alpha value is -1.79. The summed E-state index contributed by atoms with van der Waals surface area (Å²) in [5, 5.41) is 3.97. The molecule has 1 fully saturated rings. The van der Waals surface area contributed by atoms with Crippen molar-refractivity contribution in [3.8, 4) is 0 Å². The van der Waals surface area contributed by atoms with E-state index in [0.717, 1.165) is 38.4 Å². The van der Waals surface area contributed by atoms with Crippen molar-refractivity contribution in [2.45, 2.75) is 32.4 Å². The van der Waals surface area contributed by atoms with Crippen LogP contribution in [0, 0.1) is 6.92 Å². The van der Waals surface area contributed by atoms with Crippen molar-refractivity contribution in [3.05, 3.63) is 41.8 Å². The maximum atomic E-state index is 5.03. The van der Waals surface area contributed by atoms with Crippen molar-refractivity contribution in [3.63, 3.8) is 0 Å². The molecule has 6 heteroatoms. The topological polar surface area (TPSA) is 58.3 Å². The second kappa shape index (κ2) is 6.98. The zero-order valence-electron chi connectivity index (χ0n) is 13.3. The fraction of sp³-hybridized carbons (Fsp3) is 0.562. The summed E-state index contributed by atoms with van der Waals surface area (Å²) in [7, 11) is 2.14. The number of hydrogen-bond acceptors (Lipinski definition) is 6. The van der Waals surface area contributed by atoms with E-state index in [9.17, 15) is 0 Å². The highest BCUT2D eigenvalue weighted by Crippen LogP contribution is 2.16. The van der Waals surface area contributed by atoms with E-state index in [1.54, 1.807) is 0 Å². The van der Waals surface area contributed by atoms with Crippen LogP contribution < -0.4 is 0 Å². The van der Waals surface area contributed by atoms with Gasteiger partial charge in [-0.05, 0) is 44.1 Å². The predicted molar refractivity (Wildman–Crippen MR) is 83.3 cm³/mol. The Morgan fingerprint density at radius 1 is 1.36 bits per heavy atom.